The van der Waals surface area contributed by atoms with Gasteiger partial charge < -0.3 is 5.48 Å². The Kier molecular flexibility index (Phi) is 7.96. The number of aryl methyl sites for hydroxylation is 1. The molecule has 23 heavy (non-hydrogen) atoms. The minimum atomic E-state index is 0. The summed E-state index contributed by atoms with van der Waals surface area (Å²) in [5, 5.41) is 0. The van der Waals surface area contributed by atoms with Gasteiger partial charge >= 0.3 is 0 Å². The number of pyridine rings is 1. The maximum Gasteiger partial charge on any atom is 0.0705 e. The van der Waals surface area contributed by atoms with Gasteiger partial charge in [0.25, 0.3) is 0 Å². The average molecular weight is 333 g/mol. The van der Waals surface area contributed by atoms with Crippen LogP contribution in [0.5, 0.6) is 0 Å². The quantitative estimate of drug-likeness (QED) is 0.860. The summed E-state index contributed by atoms with van der Waals surface area (Å²) >= 11 is 0. The monoisotopic (exact) mass is 332 g/mol. The molecule has 1 saturated heterocycles. The van der Waals surface area contributed by atoms with Crippen LogP contribution in [0.2, 0.25) is 0 Å². The van der Waals surface area contributed by atoms with Crippen molar-refractivity contribution in [1.82, 2.24) is 9.88 Å². The van der Waals surface area contributed by atoms with Crippen molar-refractivity contribution in [3.05, 3.63) is 71.6 Å². The first-order chi connectivity index (χ1) is 10.3. The molecule has 1 fully saturated rings. The Morgan fingerprint density at radius 3 is 2.39 bits per heavy atom. The Morgan fingerprint density at radius 1 is 1.09 bits per heavy atom. The van der Waals surface area contributed by atoms with Crippen molar-refractivity contribution < 1.29 is 5.48 Å². The van der Waals surface area contributed by atoms with Crippen molar-refractivity contribution in [3.8, 4) is 0 Å². The number of halogens is 1. The molecule has 0 spiro atoms. The molecule has 0 amide bonds. The molecule has 2 aromatic rings. The Morgan fingerprint density at radius 2 is 1.78 bits per heavy atom. The van der Waals surface area contributed by atoms with Crippen molar-refractivity contribution in [3.63, 3.8) is 0 Å². The molecule has 3 rings (SSSR count). The number of hydrogen-bond acceptors (Lipinski definition) is 2. The van der Waals surface area contributed by atoms with Gasteiger partial charge in [-0.25, -0.2) is 0 Å². The summed E-state index contributed by atoms with van der Waals surface area (Å²) < 4.78 is 0. The fourth-order valence-electron chi connectivity index (χ4n) is 2.81. The molecule has 1 aromatic heterocycles. The topological polar surface area (TPSA) is 47.6 Å². The highest BCUT2D eigenvalue weighted by Gasteiger charge is 2.11. The van der Waals surface area contributed by atoms with Gasteiger partial charge in [-0.05, 0) is 50.6 Å². The molecule has 2 heterocycles. The van der Waals surface area contributed by atoms with E-state index in [1.165, 1.54) is 42.6 Å². The van der Waals surface area contributed by atoms with E-state index in [0.29, 0.717) is 0 Å². The van der Waals surface area contributed by atoms with Crippen LogP contribution in [0.3, 0.4) is 0 Å². The van der Waals surface area contributed by atoms with E-state index in [1.54, 1.807) is 0 Å². The maximum absolute atomic E-state index is 4.54. The molecule has 1 aliphatic rings. The first kappa shape index (κ1) is 19.4. The maximum atomic E-state index is 4.54. The van der Waals surface area contributed by atoms with E-state index in [-0.39, 0.29) is 17.9 Å². The second-order valence-corrected chi connectivity index (χ2v) is 5.71. The molecule has 3 nitrogen and oxygen atoms in total. The highest BCUT2D eigenvalue weighted by Crippen LogP contribution is 2.22. The summed E-state index contributed by atoms with van der Waals surface area (Å²) in [5.41, 5.74) is 4.83. The Balaban J connectivity index is 0.00000132. The molecule has 0 saturated carbocycles. The lowest BCUT2D eigenvalue weighted by molar-refractivity contribution is 0.377. The Hall–Kier alpha value is -1.68. The Labute approximate surface area is 144 Å². The number of rotatable bonds is 4. The van der Waals surface area contributed by atoms with Gasteiger partial charge in [0.05, 0.1) is 5.69 Å². The number of nitrogens with zero attached hydrogens (tertiary/aromatic N) is 2. The molecule has 0 radical (unpaired) electrons. The lowest BCUT2D eigenvalue weighted by Gasteiger charge is -2.14. The molecular formula is C19H25ClN2O. The highest BCUT2D eigenvalue weighted by molar-refractivity contribution is 5.85. The van der Waals surface area contributed by atoms with Gasteiger partial charge in [-0.15, -0.1) is 12.4 Å². The predicted octanol–water partition coefficient (Wildman–Crippen LogP) is 3.51. The van der Waals surface area contributed by atoms with E-state index >= 15 is 0 Å². The van der Waals surface area contributed by atoms with E-state index in [4.69, 9.17) is 0 Å². The molecule has 0 atom stereocenters. The summed E-state index contributed by atoms with van der Waals surface area (Å²) in [6, 6.07) is 14.8. The molecule has 124 valence electrons. The van der Waals surface area contributed by atoms with Crippen LogP contribution in [-0.2, 0) is 0 Å². The highest BCUT2D eigenvalue weighted by atomic mass is 35.5. The van der Waals surface area contributed by atoms with Crippen LogP contribution in [0.1, 0.15) is 29.7 Å². The van der Waals surface area contributed by atoms with Crippen LogP contribution in [0.4, 0.5) is 0 Å². The van der Waals surface area contributed by atoms with E-state index in [1.807, 2.05) is 12.3 Å². The zero-order valence-electron chi connectivity index (χ0n) is 13.5. The first-order valence-electron chi connectivity index (χ1n) is 7.74. The predicted molar refractivity (Wildman–Crippen MR) is 99.0 cm³/mol. The zero-order chi connectivity index (χ0) is 14.5. The molecule has 2 N–H and O–H groups in total. The Bertz CT molecular complexity index is 605. The SMILES string of the molecule is Cc1ccc(/C(=C/CN2CCCC2)c2ccccn2)cc1.Cl.O. The van der Waals surface area contributed by atoms with Gasteiger partial charge in [0, 0.05) is 18.3 Å². The summed E-state index contributed by atoms with van der Waals surface area (Å²) in [7, 11) is 0. The van der Waals surface area contributed by atoms with Gasteiger partial charge in [0.2, 0.25) is 0 Å². The fraction of sp³-hybridized carbons (Fsp3) is 0.316. The normalized spacial score (nSPS) is 14.9. The van der Waals surface area contributed by atoms with Gasteiger partial charge in [-0.1, -0.05) is 42.0 Å². The van der Waals surface area contributed by atoms with Gasteiger partial charge in [0.1, 0.15) is 0 Å². The van der Waals surface area contributed by atoms with Crippen molar-refractivity contribution in [2.75, 3.05) is 19.6 Å². The second-order valence-electron chi connectivity index (χ2n) is 5.71. The molecule has 0 unspecified atom stereocenters. The van der Waals surface area contributed by atoms with E-state index < -0.39 is 0 Å². The van der Waals surface area contributed by atoms with Crippen molar-refractivity contribution in [2.45, 2.75) is 19.8 Å². The largest absolute Gasteiger partial charge is 0.412 e. The molecule has 1 aliphatic heterocycles. The van der Waals surface area contributed by atoms with E-state index in [2.05, 4.69) is 59.3 Å². The minimum absolute atomic E-state index is 0. The van der Waals surface area contributed by atoms with Crippen LogP contribution in [0.25, 0.3) is 5.57 Å². The van der Waals surface area contributed by atoms with Crippen LogP contribution < -0.4 is 0 Å². The number of aromatic nitrogens is 1. The third-order valence-electron chi connectivity index (χ3n) is 4.06. The number of benzene rings is 1. The lowest BCUT2D eigenvalue weighted by atomic mass is 10.0. The van der Waals surface area contributed by atoms with Gasteiger partial charge in [0.15, 0.2) is 0 Å². The molecule has 0 bridgehead atoms. The third kappa shape index (κ3) is 5.17. The van der Waals surface area contributed by atoms with Crippen LogP contribution >= 0.6 is 12.4 Å². The lowest BCUT2D eigenvalue weighted by Crippen LogP contribution is -2.19. The second kappa shape index (κ2) is 9.46. The number of hydrogen-bond donors (Lipinski definition) is 0. The first-order valence-corrected chi connectivity index (χ1v) is 7.74. The van der Waals surface area contributed by atoms with Gasteiger partial charge in [-0.2, -0.15) is 0 Å². The minimum Gasteiger partial charge on any atom is -0.412 e. The zero-order valence-corrected chi connectivity index (χ0v) is 14.4. The number of likely N-dealkylation sites (tertiary alicyclic amines) is 1. The summed E-state index contributed by atoms with van der Waals surface area (Å²) in [6.45, 7) is 5.58. The summed E-state index contributed by atoms with van der Waals surface area (Å²) in [5.74, 6) is 0. The molecule has 1 aromatic carbocycles. The van der Waals surface area contributed by atoms with E-state index in [9.17, 15) is 0 Å². The smallest absolute Gasteiger partial charge is 0.0705 e. The summed E-state index contributed by atoms with van der Waals surface area (Å²) in [6.07, 6.45) is 6.86. The fourth-order valence-corrected chi connectivity index (χ4v) is 2.81. The van der Waals surface area contributed by atoms with Crippen molar-refractivity contribution >= 4 is 18.0 Å². The van der Waals surface area contributed by atoms with Crippen molar-refractivity contribution in [2.24, 2.45) is 0 Å². The van der Waals surface area contributed by atoms with Crippen LogP contribution in [0.15, 0.2) is 54.7 Å². The third-order valence-corrected chi connectivity index (χ3v) is 4.06. The molecule has 0 aliphatic carbocycles. The standard InChI is InChI=1S/C19H22N2.ClH.H2O/c1-16-7-9-17(10-8-16)18(19-6-2-3-12-20-19)11-15-21-13-4-5-14-21;;/h2-3,6-12H,4-5,13-15H2,1H3;1H;1H2/b18-11-;;. The molecule has 4 heteroatoms. The average Bonchev–Trinajstić information content (AvgIpc) is 3.04. The van der Waals surface area contributed by atoms with Crippen LogP contribution in [-0.4, -0.2) is 35.0 Å². The van der Waals surface area contributed by atoms with Crippen molar-refractivity contribution in [1.29, 1.82) is 0 Å². The van der Waals surface area contributed by atoms with Gasteiger partial charge in [-0.3, -0.25) is 9.88 Å². The molecular weight excluding hydrogens is 308 g/mol. The van der Waals surface area contributed by atoms with E-state index in [0.717, 1.165) is 12.2 Å². The summed E-state index contributed by atoms with van der Waals surface area (Å²) in [4.78, 5) is 7.05. The van der Waals surface area contributed by atoms with Crippen LogP contribution in [0, 0.1) is 6.92 Å².